The van der Waals surface area contributed by atoms with Crippen molar-refractivity contribution in [2.75, 3.05) is 0 Å². The standard InChI is InChI=1S/C16H11ClF3N3O2/c17-11-3-1-9(2-4-11)8-25-15-22-7-12(14(24)23-15)13-5-10(6-21-13)16(18,19)20/h1-7,21H,8H2,(H,22,23,24). The Morgan fingerprint density at radius 1 is 1.20 bits per heavy atom. The number of hydrogen-bond donors (Lipinski definition) is 2. The summed E-state index contributed by atoms with van der Waals surface area (Å²) in [5.41, 5.74) is 0.0455. The van der Waals surface area contributed by atoms with E-state index in [1.165, 1.54) is 6.20 Å². The van der Waals surface area contributed by atoms with E-state index in [2.05, 4.69) is 15.0 Å². The number of benzene rings is 1. The maximum absolute atomic E-state index is 12.6. The van der Waals surface area contributed by atoms with Gasteiger partial charge < -0.3 is 14.8 Å². The van der Waals surface area contributed by atoms with Gasteiger partial charge in [-0.15, -0.1) is 0 Å². The van der Waals surface area contributed by atoms with Gasteiger partial charge in [0.15, 0.2) is 0 Å². The molecule has 9 heteroatoms. The zero-order valence-corrected chi connectivity index (χ0v) is 13.3. The molecule has 2 heterocycles. The van der Waals surface area contributed by atoms with E-state index in [9.17, 15) is 18.3 Å². The molecule has 0 aliphatic carbocycles. The molecule has 2 N–H and O–H groups in total. The van der Waals surface area contributed by atoms with Crippen LogP contribution < -0.4 is 4.74 Å². The van der Waals surface area contributed by atoms with Gasteiger partial charge in [0.2, 0.25) is 5.88 Å². The topological polar surface area (TPSA) is 71.0 Å². The fourth-order valence-corrected chi connectivity index (χ4v) is 2.18. The van der Waals surface area contributed by atoms with Gasteiger partial charge in [-0.3, -0.25) is 0 Å². The van der Waals surface area contributed by atoms with Crippen LogP contribution in [0.5, 0.6) is 11.9 Å². The maximum Gasteiger partial charge on any atom is 0.417 e. The first-order chi connectivity index (χ1) is 11.8. The van der Waals surface area contributed by atoms with Gasteiger partial charge in [0.05, 0.1) is 16.8 Å². The van der Waals surface area contributed by atoms with E-state index in [1.807, 2.05) is 0 Å². The first-order valence-corrected chi connectivity index (χ1v) is 7.40. The third-order valence-electron chi connectivity index (χ3n) is 3.33. The number of ether oxygens (including phenoxy) is 1. The summed E-state index contributed by atoms with van der Waals surface area (Å²) in [6, 6.07) is 7.68. The Morgan fingerprint density at radius 3 is 2.52 bits per heavy atom. The molecule has 0 atom stereocenters. The Kier molecular flexibility index (Phi) is 4.54. The van der Waals surface area contributed by atoms with E-state index in [4.69, 9.17) is 16.3 Å². The van der Waals surface area contributed by atoms with Crippen molar-refractivity contribution in [1.29, 1.82) is 0 Å². The number of aromatic hydroxyl groups is 1. The lowest BCUT2D eigenvalue weighted by atomic mass is 10.2. The Bertz CT molecular complexity index is 879. The van der Waals surface area contributed by atoms with Crippen molar-refractivity contribution in [3.8, 4) is 23.1 Å². The maximum atomic E-state index is 12.6. The smallest absolute Gasteiger partial charge is 0.417 e. The van der Waals surface area contributed by atoms with Gasteiger partial charge in [0, 0.05) is 17.4 Å². The number of nitrogens with zero attached hydrogens (tertiary/aromatic N) is 2. The van der Waals surface area contributed by atoms with Crippen LogP contribution in [0.4, 0.5) is 13.2 Å². The van der Waals surface area contributed by atoms with Crippen LogP contribution in [0.25, 0.3) is 11.3 Å². The zero-order valence-electron chi connectivity index (χ0n) is 12.5. The number of aromatic nitrogens is 3. The van der Waals surface area contributed by atoms with Crippen molar-refractivity contribution in [2.45, 2.75) is 12.8 Å². The summed E-state index contributed by atoms with van der Waals surface area (Å²) >= 11 is 5.78. The van der Waals surface area contributed by atoms with Gasteiger partial charge in [0.25, 0.3) is 0 Å². The number of H-pyrrole nitrogens is 1. The molecule has 0 fully saturated rings. The summed E-state index contributed by atoms with van der Waals surface area (Å²) in [5, 5.41) is 10.5. The molecule has 3 aromatic rings. The quantitative estimate of drug-likeness (QED) is 0.713. The summed E-state index contributed by atoms with van der Waals surface area (Å²) in [5.74, 6) is -0.489. The highest BCUT2D eigenvalue weighted by atomic mass is 35.5. The molecule has 0 bridgehead atoms. The fraction of sp³-hybridized carbons (Fsp3) is 0.125. The monoisotopic (exact) mass is 369 g/mol. The van der Waals surface area contributed by atoms with Crippen molar-refractivity contribution in [3.05, 3.63) is 58.9 Å². The molecule has 1 aromatic carbocycles. The Labute approximate surface area is 145 Å². The van der Waals surface area contributed by atoms with Gasteiger partial charge >= 0.3 is 12.2 Å². The molecule has 0 aliphatic heterocycles. The Morgan fingerprint density at radius 2 is 1.92 bits per heavy atom. The first kappa shape index (κ1) is 17.1. The van der Waals surface area contributed by atoms with Gasteiger partial charge in [0.1, 0.15) is 6.61 Å². The number of nitrogens with one attached hydrogen (secondary N) is 1. The highest BCUT2D eigenvalue weighted by Gasteiger charge is 2.32. The summed E-state index contributed by atoms with van der Waals surface area (Å²) in [4.78, 5) is 10.1. The van der Waals surface area contributed by atoms with Gasteiger partial charge in [-0.25, -0.2) is 4.98 Å². The minimum absolute atomic E-state index is 0.0364. The molecule has 2 aromatic heterocycles. The number of aromatic amines is 1. The highest BCUT2D eigenvalue weighted by Crippen LogP contribution is 2.34. The molecule has 130 valence electrons. The van der Waals surface area contributed by atoms with Crippen LogP contribution in [0, 0.1) is 0 Å². The van der Waals surface area contributed by atoms with Crippen molar-refractivity contribution in [1.82, 2.24) is 15.0 Å². The predicted octanol–water partition coefficient (Wildman–Crippen LogP) is 4.43. The highest BCUT2D eigenvalue weighted by molar-refractivity contribution is 6.30. The summed E-state index contributed by atoms with van der Waals surface area (Å²) in [6.45, 7) is 0.149. The minimum atomic E-state index is -4.48. The molecular weight excluding hydrogens is 359 g/mol. The van der Waals surface area contributed by atoms with Crippen LogP contribution in [0.3, 0.4) is 0 Å². The number of rotatable bonds is 4. The first-order valence-electron chi connectivity index (χ1n) is 7.02. The molecule has 3 rings (SSSR count). The second kappa shape index (κ2) is 6.64. The normalized spacial score (nSPS) is 11.5. The van der Waals surface area contributed by atoms with Crippen LogP contribution in [-0.4, -0.2) is 20.1 Å². The van der Waals surface area contributed by atoms with Crippen molar-refractivity contribution >= 4 is 11.6 Å². The number of alkyl halides is 3. The van der Waals surface area contributed by atoms with Crippen LogP contribution in [0.15, 0.2) is 42.7 Å². The minimum Gasteiger partial charge on any atom is -0.493 e. The van der Waals surface area contributed by atoms with E-state index in [-0.39, 0.29) is 23.9 Å². The third kappa shape index (κ3) is 4.03. The zero-order chi connectivity index (χ0) is 18.0. The summed E-state index contributed by atoms with van der Waals surface area (Å²) in [6.07, 6.45) is -2.49. The molecule has 0 saturated heterocycles. The molecule has 0 aliphatic rings. The molecule has 0 radical (unpaired) electrons. The van der Waals surface area contributed by atoms with E-state index in [0.29, 0.717) is 5.02 Å². The second-order valence-electron chi connectivity index (χ2n) is 5.10. The molecule has 0 spiro atoms. The van der Waals surface area contributed by atoms with Crippen molar-refractivity contribution in [3.63, 3.8) is 0 Å². The summed E-state index contributed by atoms with van der Waals surface area (Å²) in [7, 11) is 0. The van der Waals surface area contributed by atoms with Crippen LogP contribution in [-0.2, 0) is 12.8 Å². The molecule has 25 heavy (non-hydrogen) atoms. The second-order valence-corrected chi connectivity index (χ2v) is 5.54. The molecule has 0 unspecified atom stereocenters. The van der Waals surface area contributed by atoms with E-state index >= 15 is 0 Å². The van der Waals surface area contributed by atoms with E-state index in [1.54, 1.807) is 24.3 Å². The van der Waals surface area contributed by atoms with Crippen LogP contribution in [0.2, 0.25) is 5.02 Å². The fourth-order valence-electron chi connectivity index (χ4n) is 2.06. The van der Waals surface area contributed by atoms with Gasteiger partial charge in [-0.2, -0.15) is 18.2 Å². The van der Waals surface area contributed by atoms with Crippen molar-refractivity contribution in [2.24, 2.45) is 0 Å². The number of halogens is 4. The lowest BCUT2D eigenvalue weighted by molar-refractivity contribution is -0.137. The van der Waals surface area contributed by atoms with Gasteiger partial charge in [-0.05, 0) is 23.8 Å². The molecule has 5 nitrogen and oxygen atoms in total. The van der Waals surface area contributed by atoms with Gasteiger partial charge in [-0.1, -0.05) is 23.7 Å². The molecule has 0 saturated carbocycles. The number of hydrogen-bond acceptors (Lipinski definition) is 4. The SMILES string of the molecule is Oc1nc(OCc2ccc(Cl)cc2)ncc1-c1cc(C(F)(F)F)c[nH]1. The predicted molar refractivity (Wildman–Crippen MR) is 84.3 cm³/mol. The van der Waals surface area contributed by atoms with Crippen LogP contribution in [0.1, 0.15) is 11.1 Å². The van der Waals surface area contributed by atoms with Crippen molar-refractivity contribution < 1.29 is 23.0 Å². The van der Waals surface area contributed by atoms with Crippen LogP contribution >= 0.6 is 11.6 Å². The average Bonchev–Trinajstić information content (AvgIpc) is 3.04. The van der Waals surface area contributed by atoms with E-state index < -0.39 is 17.6 Å². The molecular formula is C16H11ClF3N3O2. The Balaban J connectivity index is 1.74. The lowest BCUT2D eigenvalue weighted by Crippen LogP contribution is -2.02. The third-order valence-corrected chi connectivity index (χ3v) is 3.58. The summed E-state index contributed by atoms with van der Waals surface area (Å²) < 4.78 is 43.2. The molecule has 0 amide bonds. The van der Waals surface area contributed by atoms with E-state index in [0.717, 1.165) is 17.8 Å². The Hall–Kier alpha value is -2.74. The average molecular weight is 370 g/mol. The lowest BCUT2D eigenvalue weighted by Gasteiger charge is -2.07. The largest absolute Gasteiger partial charge is 0.493 e.